The predicted octanol–water partition coefficient (Wildman–Crippen LogP) is 4.43. The number of nitrogens with one attached hydrogen (secondary N) is 1. The summed E-state index contributed by atoms with van der Waals surface area (Å²) in [6, 6.07) is 6.43. The number of hydrogen-bond acceptors (Lipinski definition) is 4. The minimum Gasteiger partial charge on any atom is -0.497 e. The van der Waals surface area contributed by atoms with Gasteiger partial charge in [-0.3, -0.25) is 9.59 Å². The van der Waals surface area contributed by atoms with Crippen molar-refractivity contribution in [3.05, 3.63) is 29.8 Å². The second kappa shape index (κ2) is 11.5. The van der Waals surface area contributed by atoms with Gasteiger partial charge in [0.15, 0.2) is 0 Å². The Balaban J connectivity index is 1.71. The van der Waals surface area contributed by atoms with E-state index in [0.717, 1.165) is 24.8 Å². The molecule has 0 radical (unpaired) electrons. The largest absolute Gasteiger partial charge is 0.497 e. The Hall–Kier alpha value is -2.57. The van der Waals surface area contributed by atoms with Crippen LogP contribution in [0.25, 0.3) is 0 Å². The highest BCUT2D eigenvalue weighted by atomic mass is 16.5. The zero-order valence-electron chi connectivity index (χ0n) is 20.0. The maximum atomic E-state index is 13.3. The lowest BCUT2D eigenvalue weighted by atomic mass is 9.61. The average Bonchev–Trinajstić information content (AvgIpc) is 2.84. The second-order valence-electron chi connectivity index (χ2n) is 9.54. The quantitative estimate of drug-likeness (QED) is 0.571. The van der Waals surface area contributed by atoms with Crippen molar-refractivity contribution in [1.29, 1.82) is 0 Å². The summed E-state index contributed by atoms with van der Waals surface area (Å²) >= 11 is 0. The third-order valence-corrected chi connectivity index (χ3v) is 7.58. The second-order valence-corrected chi connectivity index (χ2v) is 9.54. The van der Waals surface area contributed by atoms with Gasteiger partial charge in [0, 0.05) is 31.3 Å². The SMILES string of the molecule is CCCC(=O)C1(C2CCCCC2)CCN(C(=O)[C@@H](Cc2ccc(OC)cc2)NC(=O)O)CC1. The monoisotopic (exact) mass is 458 g/mol. The number of benzene rings is 1. The van der Waals surface area contributed by atoms with E-state index in [1.807, 2.05) is 19.1 Å². The van der Waals surface area contributed by atoms with Gasteiger partial charge in [0.2, 0.25) is 5.91 Å². The predicted molar refractivity (Wildman–Crippen MR) is 126 cm³/mol. The van der Waals surface area contributed by atoms with E-state index in [1.54, 1.807) is 24.1 Å². The third kappa shape index (κ3) is 6.06. The summed E-state index contributed by atoms with van der Waals surface area (Å²) in [5.41, 5.74) is 0.536. The Kier molecular flexibility index (Phi) is 8.75. The average molecular weight is 459 g/mol. The molecule has 1 aromatic carbocycles. The van der Waals surface area contributed by atoms with Crippen LogP contribution < -0.4 is 10.1 Å². The highest BCUT2D eigenvalue weighted by molar-refractivity contribution is 5.87. The molecule has 1 saturated carbocycles. The number of hydrogen-bond donors (Lipinski definition) is 2. The van der Waals surface area contributed by atoms with Gasteiger partial charge in [-0.1, -0.05) is 38.3 Å². The Morgan fingerprint density at radius 2 is 1.76 bits per heavy atom. The molecule has 0 bridgehead atoms. The number of amides is 2. The Labute approximate surface area is 196 Å². The standard InChI is InChI=1S/C26H38N2O5/c1-3-7-23(29)26(20-8-5-4-6-9-20)14-16-28(17-15-26)24(30)22(27-25(31)32)18-19-10-12-21(33-2)13-11-19/h10-13,20,22,27H,3-9,14-18H2,1-2H3,(H,31,32)/t22-/m1/s1. The summed E-state index contributed by atoms with van der Waals surface area (Å²) in [7, 11) is 1.59. The molecule has 3 rings (SSSR count). The first-order chi connectivity index (χ1) is 15.9. The molecule has 33 heavy (non-hydrogen) atoms. The molecule has 1 heterocycles. The van der Waals surface area contributed by atoms with Crippen molar-refractivity contribution in [2.24, 2.45) is 11.3 Å². The molecule has 2 N–H and O–H groups in total. The van der Waals surface area contributed by atoms with Gasteiger partial charge in [-0.05, 0) is 55.7 Å². The number of carboxylic acid groups (broad SMARTS) is 1. The summed E-state index contributed by atoms with van der Waals surface area (Å²) in [6.45, 7) is 3.06. The van der Waals surface area contributed by atoms with Gasteiger partial charge < -0.3 is 20.1 Å². The molecular weight excluding hydrogens is 420 g/mol. The van der Waals surface area contributed by atoms with Gasteiger partial charge in [-0.2, -0.15) is 0 Å². The molecule has 7 heteroatoms. The van der Waals surface area contributed by atoms with E-state index >= 15 is 0 Å². The first-order valence-electron chi connectivity index (χ1n) is 12.3. The molecule has 182 valence electrons. The van der Waals surface area contributed by atoms with Crippen molar-refractivity contribution in [2.75, 3.05) is 20.2 Å². The molecule has 1 atom stereocenters. The summed E-state index contributed by atoms with van der Waals surface area (Å²) < 4.78 is 5.17. The van der Waals surface area contributed by atoms with Crippen LogP contribution in [0.3, 0.4) is 0 Å². The minimum absolute atomic E-state index is 0.214. The van der Waals surface area contributed by atoms with Crippen LogP contribution in [0.2, 0.25) is 0 Å². The van der Waals surface area contributed by atoms with Crippen LogP contribution in [0.15, 0.2) is 24.3 Å². The smallest absolute Gasteiger partial charge is 0.405 e. The first-order valence-corrected chi connectivity index (χ1v) is 12.3. The number of carbonyl (C=O) groups excluding carboxylic acids is 2. The molecule has 0 unspecified atom stereocenters. The number of rotatable bonds is 9. The molecule has 2 fully saturated rings. The first kappa shape index (κ1) is 25.1. The highest BCUT2D eigenvalue weighted by Crippen LogP contribution is 2.47. The van der Waals surface area contributed by atoms with E-state index in [4.69, 9.17) is 4.74 Å². The van der Waals surface area contributed by atoms with Gasteiger partial charge >= 0.3 is 6.09 Å². The van der Waals surface area contributed by atoms with Crippen molar-refractivity contribution >= 4 is 17.8 Å². The molecule has 2 amide bonds. The number of piperidine rings is 1. The maximum absolute atomic E-state index is 13.3. The molecule has 7 nitrogen and oxygen atoms in total. The number of nitrogens with zero attached hydrogens (tertiary/aromatic N) is 1. The lowest BCUT2D eigenvalue weighted by molar-refractivity contribution is -0.144. The van der Waals surface area contributed by atoms with Crippen molar-refractivity contribution in [3.63, 3.8) is 0 Å². The van der Waals surface area contributed by atoms with Crippen molar-refractivity contribution in [2.45, 2.75) is 77.2 Å². The van der Waals surface area contributed by atoms with Gasteiger partial charge in [0.1, 0.15) is 17.6 Å². The van der Waals surface area contributed by atoms with E-state index in [2.05, 4.69) is 5.32 Å². The van der Waals surface area contributed by atoms with E-state index < -0.39 is 12.1 Å². The molecule has 1 aliphatic heterocycles. The normalized spacial score (nSPS) is 19.5. The summed E-state index contributed by atoms with van der Waals surface area (Å²) in [6.07, 6.45) is 7.69. The van der Waals surface area contributed by atoms with Crippen LogP contribution in [0.1, 0.15) is 70.3 Å². The lowest BCUT2D eigenvalue weighted by Crippen LogP contribution is -2.55. The fraction of sp³-hybridized carbons (Fsp3) is 0.654. The number of ketones is 1. The zero-order valence-corrected chi connectivity index (χ0v) is 20.0. The molecule has 1 aliphatic carbocycles. The minimum atomic E-state index is -1.21. The molecule has 0 spiro atoms. The zero-order chi connectivity index (χ0) is 23.8. The highest BCUT2D eigenvalue weighted by Gasteiger charge is 2.47. The lowest BCUT2D eigenvalue weighted by Gasteiger charge is -2.47. The molecule has 1 saturated heterocycles. The number of carbonyl (C=O) groups is 3. The van der Waals surface area contributed by atoms with Crippen molar-refractivity contribution in [3.8, 4) is 5.75 Å². The fourth-order valence-corrected chi connectivity index (χ4v) is 5.74. The van der Waals surface area contributed by atoms with Crippen LogP contribution >= 0.6 is 0 Å². The maximum Gasteiger partial charge on any atom is 0.405 e. The fourth-order valence-electron chi connectivity index (χ4n) is 5.74. The van der Waals surface area contributed by atoms with E-state index in [-0.39, 0.29) is 17.7 Å². The van der Waals surface area contributed by atoms with Gasteiger partial charge in [0.25, 0.3) is 0 Å². The van der Waals surface area contributed by atoms with Crippen LogP contribution in [0.5, 0.6) is 5.75 Å². The topological polar surface area (TPSA) is 95.9 Å². The van der Waals surface area contributed by atoms with Crippen LogP contribution in [-0.2, 0) is 16.0 Å². The Bertz CT molecular complexity index is 808. The van der Waals surface area contributed by atoms with Crippen LogP contribution in [-0.4, -0.2) is 54.0 Å². The third-order valence-electron chi connectivity index (χ3n) is 7.58. The van der Waals surface area contributed by atoms with Crippen molar-refractivity contribution < 1.29 is 24.2 Å². The van der Waals surface area contributed by atoms with E-state index in [9.17, 15) is 19.5 Å². The van der Waals surface area contributed by atoms with Crippen LogP contribution in [0.4, 0.5) is 4.79 Å². The number of ether oxygens (including phenoxy) is 1. The summed E-state index contributed by atoms with van der Waals surface area (Å²) in [5, 5.41) is 11.7. The number of methoxy groups -OCH3 is 1. The van der Waals surface area contributed by atoms with Gasteiger partial charge in [-0.15, -0.1) is 0 Å². The van der Waals surface area contributed by atoms with Crippen LogP contribution in [0, 0.1) is 11.3 Å². The van der Waals surface area contributed by atoms with Gasteiger partial charge in [-0.25, -0.2) is 4.79 Å². The number of likely N-dealkylation sites (tertiary alicyclic amines) is 1. The van der Waals surface area contributed by atoms with Crippen molar-refractivity contribution in [1.82, 2.24) is 10.2 Å². The van der Waals surface area contributed by atoms with E-state index in [1.165, 1.54) is 19.3 Å². The summed E-state index contributed by atoms with van der Waals surface area (Å²) in [5.74, 6) is 1.27. The molecular formula is C26H38N2O5. The van der Waals surface area contributed by atoms with Gasteiger partial charge in [0.05, 0.1) is 7.11 Å². The Morgan fingerprint density at radius 3 is 2.30 bits per heavy atom. The molecule has 2 aliphatic rings. The van der Waals surface area contributed by atoms with E-state index in [0.29, 0.717) is 49.8 Å². The molecule has 0 aromatic heterocycles. The summed E-state index contributed by atoms with van der Waals surface area (Å²) in [4.78, 5) is 39.8. The number of Topliss-reactive ketones (excluding diaryl/α,β-unsaturated/α-hetero) is 1. The molecule has 1 aromatic rings. The Morgan fingerprint density at radius 1 is 1.12 bits per heavy atom.